The predicted octanol–water partition coefficient (Wildman–Crippen LogP) is 7.55. The molecule has 1 nitrogen and oxygen atoms in total. The van der Waals surface area contributed by atoms with Crippen LogP contribution in [0.5, 0.6) is 0 Å². The van der Waals surface area contributed by atoms with Crippen LogP contribution in [-0.2, 0) is 0 Å². The fourth-order valence-electron chi connectivity index (χ4n) is 8.52. The van der Waals surface area contributed by atoms with Crippen LogP contribution in [0.3, 0.4) is 0 Å². The Morgan fingerprint density at radius 3 is 2.59 bits per heavy atom. The zero-order valence-electron chi connectivity index (χ0n) is 19.8. The van der Waals surface area contributed by atoms with E-state index in [1.807, 2.05) is 0 Å². The van der Waals surface area contributed by atoms with Crippen LogP contribution in [0.2, 0.25) is 0 Å². The van der Waals surface area contributed by atoms with Crippen LogP contribution >= 0.6 is 0 Å². The molecular weight excluding hydrogens is 352 g/mol. The van der Waals surface area contributed by atoms with Crippen molar-refractivity contribution in [2.24, 2.45) is 46.3 Å². The fourth-order valence-corrected chi connectivity index (χ4v) is 8.52. The lowest BCUT2D eigenvalue weighted by molar-refractivity contribution is -0.0571. The van der Waals surface area contributed by atoms with E-state index in [1.54, 1.807) is 5.57 Å². The van der Waals surface area contributed by atoms with Gasteiger partial charge in [0, 0.05) is 0 Å². The van der Waals surface area contributed by atoms with Crippen LogP contribution in [0.25, 0.3) is 0 Å². The number of allylic oxidation sites excluding steroid dienone is 2. The minimum atomic E-state index is -0.0861. The number of aliphatic hydroxyl groups excluding tert-OH is 1. The highest BCUT2D eigenvalue weighted by molar-refractivity contribution is 5.25. The van der Waals surface area contributed by atoms with Gasteiger partial charge in [-0.25, -0.2) is 0 Å². The molecular formula is C28H46O. The van der Waals surface area contributed by atoms with E-state index < -0.39 is 0 Å². The molecule has 0 aromatic heterocycles. The highest BCUT2D eigenvalue weighted by atomic mass is 16.3. The molecule has 3 fully saturated rings. The van der Waals surface area contributed by atoms with Gasteiger partial charge in [-0.2, -0.15) is 0 Å². The zero-order valence-corrected chi connectivity index (χ0v) is 19.8. The minimum absolute atomic E-state index is 0.0861. The first-order valence-corrected chi connectivity index (χ1v) is 12.7. The van der Waals surface area contributed by atoms with Gasteiger partial charge < -0.3 is 5.11 Å². The molecule has 1 heteroatoms. The highest BCUT2D eigenvalue weighted by Gasteiger charge is 2.59. The maximum absolute atomic E-state index is 10.2. The van der Waals surface area contributed by atoms with E-state index in [4.69, 9.17) is 0 Å². The third kappa shape index (κ3) is 3.58. The monoisotopic (exact) mass is 398 g/mol. The van der Waals surface area contributed by atoms with Crippen molar-refractivity contribution in [1.29, 1.82) is 0 Å². The average molecular weight is 399 g/mol. The molecule has 0 bridgehead atoms. The number of hydrogen-bond donors (Lipinski definition) is 1. The van der Waals surface area contributed by atoms with Crippen molar-refractivity contribution in [3.05, 3.63) is 23.8 Å². The van der Waals surface area contributed by atoms with Crippen LogP contribution in [-0.4, -0.2) is 11.2 Å². The predicted molar refractivity (Wildman–Crippen MR) is 124 cm³/mol. The minimum Gasteiger partial charge on any atom is -0.393 e. The van der Waals surface area contributed by atoms with Gasteiger partial charge in [-0.3, -0.25) is 0 Å². The molecule has 29 heavy (non-hydrogen) atoms. The van der Waals surface area contributed by atoms with Crippen molar-refractivity contribution in [3.8, 4) is 0 Å². The smallest absolute Gasteiger partial charge is 0.0577 e. The van der Waals surface area contributed by atoms with E-state index in [9.17, 15) is 5.11 Å². The lowest BCUT2D eigenvalue weighted by atomic mass is 9.47. The molecule has 0 amide bonds. The molecule has 4 aliphatic rings. The van der Waals surface area contributed by atoms with Gasteiger partial charge >= 0.3 is 0 Å². The van der Waals surface area contributed by atoms with Crippen LogP contribution in [0.1, 0.15) is 98.8 Å². The number of hydrogen-bond acceptors (Lipinski definition) is 1. The fraction of sp³-hybridized carbons (Fsp3) is 0.857. The topological polar surface area (TPSA) is 20.2 Å². The summed E-state index contributed by atoms with van der Waals surface area (Å²) in [5.74, 6) is 5.03. The summed E-state index contributed by atoms with van der Waals surface area (Å²) < 4.78 is 0. The van der Waals surface area contributed by atoms with Crippen molar-refractivity contribution < 1.29 is 5.11 Å². The van der Waals surface area contributed by atoms with Gasteiger partial charge in [-0.05, 0) is 111 Å². The molecule has 3 saturated carbocycles. The maximum atomic E-state index is 10.2. The largest absolute Gasteiger partial charge is 0.393 e. The average Bonchev–Trinajstić information content (AvgIpc) is 3.03. The Labute approximate surface area is 180 Å². The SMILES string of the molecule is C=C(CC[C@@H](C)C1CCC2C3CC=C4C[C@@H](O)CC[C@]4(C)C3CC[C@@]21C)C(C)C. The Bertz CT molecular complexity index is 659. The van der Waals surface area contributed by atoms with E-state index in [0.29, 0.717) is 16.7 Å². The molecule has 0 saturated heterocycles. The summed E-state index contributed by atoms with van der Waals surface area (Å²) in [6, 6.07) is 0. The van der Waals surface area contributed by atoms with Gasteiger partial charge in [0.05, 0.1) is 6.10 Å². The third-order valence-corrected chi connectivity index (χ3v) is 10.6. The van der Waals surface area contributed by atoms with Gasteiger partial charge in [0.25, 0.3) is 0 Å². The third-order valence-electron chi connectivity index (χ3n) is 10.6. The molecule has 0 radical (unpaired) electrons. The van der Waals surface area contributed by atoms with Crippen molar-refractivity contribution in [2.45, 2.75) is 105 Å². The van der Waals surface area contributed by atoms with Crippen LogP contribution < -0.4 is 0 Å². The summed E-state index contributed by atoms with van der Waals surface area (Å²) in [5.41, 5.74) is 3.98. The Kier molecular flexibility index (Phi) is 5.86. The quantitative estimate of drug-likeness (QED) is 0.474. The first-order valence-electron chi connectivity index (χ1n) is 12.7. The van der Waals surface area contributed by atoms with Gasteiger partial charge in [-0.1, -0.05) is 58.4 Å². The summed E-state index contributed by atoms with van der Waals surface area (Å²) >= 11 is 0. The van der Waals surface area contributed by atoms with E-state index in [0.717, 1.165) is 42.4 Å². The van der Waals surface area contributed by atoms with E-state index in [1.165, 1.54) is 56.9 Å². The molecule has 4 unspecified atom stereocenters. The number of fused-ring (bicyclic) bond motifs is 5. The lowest BCUT2D eigenvalue weighted by Crippen LogP contribution is -2.50. The Morgan fingerprint density at radius 1 is 1.10 bits per heavy atom. The van der Waals surface area contributed by atoms with Gasteiger partial charge in [0.15, 0.2) is 0 Å². The second kappa shape index (κ2) is 7.85. The number of aliphatic hydroxyl groups is 1. The Morgan fingerprint density at radius 2 is 1.86 bits per heavy atom. The van der Waals surface area contributed by atoms with Gasteiger partial charge in [-0.15, -0.1) is 0 Å². The van der Waals surface area contributed by atoms with Crippen molar-refractivity contribution in [3.63, 3.8) is 0 Å². The van der Waals surface area contributed by atoms with Crippen LogP contribution in [0, 0.1) is 46.3 Å². The normalized spacial score (nSPS) is 45.2. The van der Waals surface area contributed by atoms with E-state index >= 15 is 0 Å². The molecule has 1 N–H and O–H groups in total. The van der Waals surface area contributed by atoms with Crippen molar-refractivity contribution >= 4 is 0 Å². The second-order valence-electron chi connectivity index (χ2n) is 12.2. The Hall–Kier alpha value is -0.560. The number of rotatable bonds is 5. The summed E-state index contributed by atoms with van der Waals surface area (Å²) in [7, 11) is 0. The summed E-state index contributed by atoms with van der Waals surface area (Å²) in [6.45, 7) is 16.7. The summed E-state index contributed by atoms with van der Waals surface area (Å²) in [6.07, 6.45) is 15.3. The molecule has 0 aromatic carbocycles. The molecule has 0 aliphatic heterocycles. The van der Waals surface area contributed by atoms with E-state index in [-0.39, 0.29) is 6.10 Å². The van der Waals surface area contributed by atoms with Gasteiger partial charge in [0.2, 0.25) is 0 Å². The standard InChI is InChI=1S/C28H46O/c1-18(2)19(3)7-8-20(4)24-11-12-25-23-10-9-21-17-22(29)13-15-27(21,5)26(23)14-16-28(24,25)6/h9,18,20,22-26,29H,3,7-8,10-17H2,1-2,4-6H3/t20-,22+,23?,24?,25?,26?,27+,28-/m1/s1. The molecule has 0 heterocycles. The maximum Gasteiger partial charge on any atom is 0.0577 e. The Balaban J connectivity index is 1.49. The summed E-state index contributed by atoms with van der Waals surface area (Å²) in [5, 5.41) is 10.2. The molecule has 0 aromatic rings. The molecule has 4 aliphatic carbocycles. The molecule has 164 valence electrons. The van der Waals surface area contributed by atoms with Crippen LogP contribution in [0.15, 0.2) is 23.8 Å². The van der Waals surface area contributed by atoms with Crippen LogP contribution in [0.4, 0.5) is 0 Å². The first-order chi connectivity index (χ1) is 13.7. The first kappa shape index (κ1) is 21.7. The highest BCUT2D eigenvalue weighted by Crippen LogP contribution is 2.67. The van der Waals surface area contributed by atoms with E-state index in [2.05, 4.69) is 47.3 Å². The van der Waals surface area contributed by atoms with Gasteiger partial charge in [0.1, 0.15) is 0 Å². The zero-order chi connectivity index (χ0) is 21.0. The van der Waals surface area contributed by atoms with Crippen molar-refractivity contribution in [2.75, 3.05) is 0 Å². The molecule has 0 spiro atoms. The molecule has 4 rings (SSSR count). The lowest BCUT2D eigenvalue weighted by Gasteiger charge is -2.58. The second-order valence-corrected chi connectivity index (χ2v) is 12.2. The van der Waals surface area contributed by atoms with Crippen molar-refractivity contribution in [1.82, 2.24) is 0 Å². The summed E-state index contributed by atoms with van der Waals surface area (Å²) in [4.78, 5) is 0. The molecule has 8 atom stereocenters.